The molecule has 2 aliphatic heterocycles. The van der Waals surface area contributed by atoms with Gasteiger partial charge in [0.25, 0.3) is 5.91 Å². The van der Waals surface area contributed by atoms with Crippen molar-refractivity contribution in [1.82, 2.24) is 4.90 Å². The van der Waals surface area contributed by atoms with Crippen molar-refractivity contribution in [2.45, 2.75) is 13.5 Å². The summed E-state index contributed by atoms with van der Waals surface area (Å²) in [6.07, 6.45) is 3.58. The van der Waals surface area contributed by atoms with E-state index >= 15 is 0 Å². The second-order valence-electron chi connectivity index (χ2n) is 7.95. The van der Waals surface area contributed by atoms with Crippen LogP contribution in [0, 0.1) is 6.92 Å². The van der Waals surface area contributed by atoms with Gasteiger partial charge in [-0.15, -0.1) is 0 Å². The Morgan fingerprint density at radius 2 is 1.88 bits per heavy atom. The number of hydrogen-bond donors (Lipinski definition) is 0. The van der Waals surface area contributed by atoms with E-state index in [2.05, 4.69) is 30.0 Å². The molecular formula is C26H25N3O3S. The van der Waals surface area contributed by atoms with Crippen molar-refractivity contribution < 1.29 is 13.9 Å². The number of furan rings is 1. The van der Waals surface area contributed by atoms with Crippen molar-refractivity contribution in [2.24, 2.45) is 4.99 Å². The lowest BCUT2D eigenvalue weighted by Gasteiger charge is -2.29. The van der Waals surface area contributed by atoms with Crippen molar-refractivity contribution in [1.29, 1.82) is 0 Å². The Hall–Kier alpha value is -3.29. The molecule has 0 N–H and O–H groups in total. The van der Waals surface area contributed by atoms with Crippen LogP contribution in [0.3, 0.4) is 0 Å². The maximum absolute atomic E-state index is 13.4. The highest BCUT2D eigenvalue weighted by Crippen LogP contribution is 2.36. The predicted molar refractivity (Wildman–Crippen MR) is 133 cm³/mol. The minimum Gasteiger partial charge on any atom is -0.467 e. The summed E-state index contributed by atoms with van der Waals surface area (Å²) in [5.74, 6) is 0.653. The van der Waals surface area contributed by atoms with Crippen LogP contribution in [0.15, 0.2) is 81.2 Å². The van der Waals surface area contributed by atoms with Gasteiger partial charge in [0.05, 0.1) is 36.6 Å². The summed E-state index contributed by atoms with van der Waals surface area (Å²) in [4.78, 5) is 22.8. The molecule has 2 aliphatic rings. The number of amidine groups is 1. The van der Waals surface area contributed by atoms with E-state index in [9.17, 15) is 4.79 Å². The molecule has 33 heavy (non-hydrogen) atoms. The highest BCUT2D eigenvalue weighted by Gasteiger charge is 2.34. The fraction of sp³-hybridized carbons (Fsp3) is 0.231. The average molecular weight is 460 g/mol. The number of amides is 1. The lowest BCUT2D eigenvalue weighted by atomic mass is 10.1. The molecule has 5 rings (SSSR count). The number of carbonyl (C=O) groups is 1. The summed E-state index contributed by atoms with van der Waals surface area (Å²) in [5.41, 5.74) is 4.16. The molecule has 0 spiro atoms. The second-order valence-corrected chi connectivity index (χ2v) is 8.96. The van der Waals surface area contributed by atoms with Crippen molar-refractivity contribution >= 4 is 40.3 Å². The van der Waals surface area contributed by atoms with Crippen molar-refractivity contribution in [3.05, 3.63) is 88.7 Å². The van der Waals surface area contributed by atoms with Crippen molar-refractivity contribution in [3.63, 3.8) is 0 Å². The maximum Gasteiger partial charge on any atom is 0.267 e. The number of benzene rings is 2. The van der Waals surface area contributed by atoms with E-state index in [4.69, 9.17) is 14.1 Å². The van der Waals surface area contributed by atoms with Gasteiger partial charge < -0.3 is 14.1 Å². The topological polar surface area (TPSA) is 58.3 Å². The van der Waals surface area contributed by atoms with Crippen LogP contribution < -0.4 is 4.90 Å². The van der Waals surface area contributed by atoms with Gasteiger partial charge in [-0.1, -0.05) is 24.3 Å². The average Bonchev–Trinajstić information content (AvgIpc) is 3.46. The molecule has 2 saturated heterocycles. The van der Waals surface area contributed by atoms with Gasteiger partial charge in [-0.2, -0.15) is 0 Å². The molecule has 0 aliphatic carbocycles. The fourth-order valence-corrected chi connectivity index (χ4v) is 4.87. The van der Waals surface area contributed by atoms with Crippen molar-refractivity contribution in [3.8, 4) is 0 Å². The molecule has 2 aromatic carbocycles. The number of morpholine rings is 1. The van der Waals surface area contributed by atoms with Gasteiger partial charge in [0.15, 0.2) is 5.17 Å². The third-order valence-electron chi connectivity index (χ3n) is 5.68. The van der Waals surface area contributed by atoms with Gasteiger partial charge in [-0.3, -0.25) is 9.69 Å². The minimum atomic E-state index is -0.0669. The van der Waals surface area contributed by atoms with Crippen LogP contribution in [0.1, 0.15) is 16.9 Å². The number of carbonyl (C=O) groups excluding carboxylic acids is 1. The van der Waals surface area contributed by atoms with Crippen LogP contribution >= 0.6 is 11.8 Å². The molecule has 1 amide bonds. The third-order valence-corrected chi connectivity index (χ3v) is 6.69. The Morgan fingerprint density at radius 3 is 2.61 bits per heavy atom. The van der Waals surface area contributed by atoms with Crippen LogP contribution in [0.2, 0.25) is 0 Å². The number of rotatable bonds is 5. The largest absolute Gasteiger partial charge is 0.467 e. The van der Waals surface area contributed by atoms with Crippen LogP contribution in [0.5, 0.6) is 0 Å². The van der Waals surface area contributed by atoms with E-state index in [0.717, 1.165) is 48.9 Å². The highest BCUT2D eigenvalue weighted by molar-refractivity contribution is 8.18. The van der Waals surface area contributed by atoms with Gasteiger partial charge >= 0.3 is 0 Å². The van der Waals surface area contributed by atoms with Crippen molar-refractivity contribution in [2.75, 3.05) is 31.2 Å². The van der Waals surface area contributed by atoms with E-state index in [0.29, 0.717) is 16.6 Å². The molecule has 7 heteroatoms. The summed E-state index contributed by atoms with van der Waals surface area (Å²) in [7, 11) is 0. The number of thioether (sulfide) groups is 1. The van der Waals surface area contributed by atoms with E-state index in [1.807, 2.05) is 48.5 Å². The minimum absolute atomic E-state index is 0.0669. The summed E-state index contributed by atoms with van der Waals surface area (Å²) < 4.78 is 11.0. The zero-order chi connectivity index (χ0) is 22.6. The predicted octanol–water partition coefficient (Wildman–Crippen LogP) is 5.23. The quantitative estimate of drug-likeness (QED) is 0.489. The summed E-state index contributed by atoms with van der Waals surface area (Å²) in [5, 5.41) is 0.649. The molecule has 0 saturated carbocycles. The van der Waals surface area contributed by atoms with E-state index < -0.39 is 0 Å². The first kappa shape index (κ1) is 21.6. The second kappa shape index (κ2) is 9.68. The Balaban J connectivity index is 1.44. The van der Waals surface area contributed by atoms with Crippen LogP contribution in [-0.2, 0) is 16.1 Å². The molecule has 3 aromatic rings. The molecule has 2 fully saturated rings. The smallest absolute Gasteiger partial charge is 0.267 e. The first-order valence-corrected chi connectivity index (χ1v) is 11.8. The molecule has 6 nitrogen and oxygen atoms in total. The lowest BCUT2D eigenvalue weighted by molar-refractivity contribution is -0.122. The van der Waals surface area contributed by atoms with E-state index in [-0.39, 0.29) is 5.91 Å². The summed E-state index contributed by atoms with van der Waals surface area (Å²) in [6.45, 7) is 5.73. The molecule has 0 unspecified atom stereocenters. The number of para-hydroxylation sites is 1. The Bertz CT molecular complexity index is 1180. The Morgan fingerprint density at radius 1 is 1.06 bits per heavy atom. The zero-order valence-corrected chi connectivity index (χ0v) is 19.3. The zero-order valence-electron chi connectivity index (χ0n) is 18.4. The third kappa shape index (κ3) is 4.89. The summed E-state index contributed by atoms with van der Waals surface area (Å²) >= 11 is 1.40. The van der Waals surface area contributed by atoms with E-state index in [1.165, 1.54) is 17.4 Å². The normalized spacial score (nSPS) is 19.1. The molecule has 168 valence electrons. The number of hydrogen-bond acceptors (Lipinski definition) is 6. The van der Waals surface area contributed by atoms with Gasteiger partial charge in [0.2, 0.25) is 0 Å². The number of anilines is 1. The number of ether oxygens (including phenoxy) is 1. The molecule has 1 aromatic heterocycles. The standard InChI is InChI=1S/C26H25N3O3S/c1-19-16-22(28-11-14-31-15-12-28)10-9-20(19)17-24-25(30)29(18-23-8-5-13-32-23)26(33-24)27-21-6-3-2-4-7-21/h2-10,13,16-17H,11-12,14-15,18H2,1H3/b24-17-,27-26?. The maximum atomic E-state index is 13.4. The van der Waals surface area contributed by atoms with E-state index in [1.54, 1.807) is 11.2 Å². The first-order chi connectivity index (χ1) is 16.2. The molecule has 3 heterocycles. The Labute approximate surface area is 197 Å². The van der Waals surface area contributed by atoms with Gasteiger partial charge in [0.1, 0.15) is 5.76 Å². The van der Waals surface area contributed by atoms with Gasteiger partial charge in [0, 0.05) is 18.8 Å². The van der Waals surface area contributed by atoms with Crippen LogP contribution in [0.25, 0.3) is 6.08 Å². The molecule has 0 bridgehead atoms. The number of nitrogens with zero attached hydrogens (tertiary/aromatic N) is 3. The fourth-order valence-electron chi connectivity index (χ4n) is 3.88. The van der Waals surface area contributed by atoms with Gasteiger partial charge in [-0.05, 0) is 72.3 Å². The SMILES string of the molecule is Cc1cc(N2CCOCC2)ccc1/C=C1\SC(=Nc2ccccc2)N(Cc2ccco2)C1=O. The molecular weight excluding hydrogens is 434 g/mol. The highest BCUT2D eigenvalue weighted by atomic mass is 32.2. The van der Waals surface area contributed by atoms with Crippen LogP contribution in [-0.4, -0.2) is 42.3 Å². The molecule has 0 radical (unpaired) electrons. The monoisotopic (exact) mass is 459 g/mol. The van der Waals surface area contributed by atoms with Gasteiger partial charge in [-0.25, -0.2) is 4.99 Å². The molecule has 0 atom stereocenters. The number of aryl methyl sites for hydroxylation is 1. The van der Waals surface area contributed by atoms with Crippen LogP contribution in [0.4, 0.5) is 11.4 Å². The lowest BCUT2D eigenvalue weighted by Crippen LogP contribution is -2.36. The summed E-state index contributed by atoms with van der Waals surface area (Å²) in [6, 6.07) is 19.8. The Kier molecular flexibility index (Phi) is 6.32. The first-order valence-electron chi connectivity index (χ1n) is 11.0. The number of aliphatic imine (C=N–C) groups is 1.